The van der Waals surface area contributed by atoms with Crippen molar-refractivity contribution in [3.8, 4) is 0 Å². The third-order valence-electron chi connectivity index (χ3n) is 4.81. The molecule has 31 heavy (non-hydrogen) atoms. The van der Waals surface area contributed by atoms with Gasteiger partial charge in [-0.15, -0.1) is 0 Å². The van der Waals surface area contributed by atoms with Gasteiger partial charge in [0.1, 0.15) is 11.9 Å². The van der Waals surface area contributed by atoms with Crippen LogP contribution < -0.4 is 10.6 Å². The van der Waals surface area contributed by atoms with Crippen LogP contribution in [0.1, 0.15) is 35.6 Å². The Morgan fingerprint density at radius 3 is 2.58 bits per heavy atom. The molecule has 0 radical (unpaired) electrons. The van der Waals surface area contributed by atoms with E-state index >= 15 is 0 Å². The highest BCUT2D eigenvalue weighted by Crippen LogP contribution is 2.22. The van der Waals surface area contributed by atoms with Gasteiger partial charge in [-0.3, -0.25) is 4.79 Å². The summed E-state index contributed by atoms with van der Waals surface area (Å²) in [6.45, 7) is 4.03. The number of carbonyl (C=O) groups is 2. The second-order valence-electron chi connectivity index (χ2n) is 7.41. The van der Waals surface area contributed by atoms with Crippen LogP contribution in [0.25, 0.3) is 10.9 Å². The molecule has 1 amide bonds. The fourth-order valence-corrected chi connectivity index (χ4v) is 3.62. The summed E-state index contributed by atoms with van der Waals surface area (Å²) in [6, 6.07) is 14.5. The van der Waals surface area contributed by atoms with Crippen molar-refractivity contribution in [2.24, 2.45) is 5.92 Å². The van der Waals surface area contributed by atoms with E-state index in [0.29, 0.717) is 17.2 Å². The number of carbonyl (C=O) groups excluding carboxylic acids is 2. The first kappa shape index (κ1) is 22.9. The molecule has 3 rings (SSSR count). The molecule has 1 aromatic heterocycles. The lowest BCUT2D eigenvalue weighted by Crippen LogP contribution is -2.36. The number of benzene rings is 2. The monoisotopic (exact) mass is 532 g/mol. The number of anilines is 1. The number of hydrogen-bond donors (Lipinski definition) is 2. The molecule has 0 aliphatic carbocycles. The molecule has 0 spiro atoms. The van der Waals surface area contributed by atoms with E-state index in [0.717, 1.165) is 20.9 Å². The van der Waals surface area contributed by atoms with Crippen molar-refractivity contribution >= 4 is 51.2 Å². The number of alkyl halides is 1. The molecule has 0 saturated carbocycles. The Labute approximate surface area is 195 Å². The third-order valence-corrected chi connectivity index (χ3v) is 5.69. The largest absolute Gasteiger partial charge is 0.467 e. The Morgan fingerprint density at radius 2 is 1.87 bits per heavy atom. The number of fused-ring (bicyclic) bond motifs is 1. The molecule has 2 N–H and O–H groups in total. The van der Waals surface area contributed by atoms with Crippen LogP contribution in [0.15, 0.2) is 48.5 Å². The first-order chi connectivity index (χ1) is 14.9. The highest BCUT2D eigenvalue weighted by Gasteiger charge is 2.24. The molecule has 0 saturated heterocycles. The zero-order valence-corrected chi connectivity index (χ0v) is 19.8. The van der Waals surface area contributed by atoms with Gasteiger partial charge in [0.25, 0.3) is 5.91 Å². The molecule has 0 bridgehead atoms. The van der Waals surface area contributed by atoms with Crippen LogP contribution in [-0.4, -0.2) is 35.0 Å². The number of amides is 1. The Kier molecular flexibility index (Phi) is 7.78. The Morgan fingerprint density at radius 1 is 1.10 bits per heavy atom. The molecule has 0 fully saturated rings. The predicted octanol–water partition coefficient (Wildman–Crippen LogP) is 4.10. The second-order valence-corrected chi connectivity index (χ2v) is 8.17. The van der Waals surface area contributed by atoms with Crippen molar-refractivity contribution in [2.45, 2.75) is 30.9 Å². The topological polar surface area (TPSA) is 93.2 Å². The smallest absolute Gasteiger partial charge is 0.328 e. The normalized spacial score (nSPS) is 11.9. The summed E-state index contributed by atoms with van der Waals surface area (Å²) in [7, 11) is 1.37. The van der Waals surface area contributed by atoms with Gasteiger partial charge in [-0.05, 0) is 35.7 Å². The van der Waals surface area contributed by atoms with E-state index in [4.69, 9.17) is 4.74 Å². The highest BCUT2D eigenvalue weighted by molar-refractivity contribution is 14.1. The summed E-state index contributed by atoms with van der Waals surface area (Å²) >= 11 is 2.27. The Hall–Kier alpha value is -2.75. The maximum atomic E-state index is 12.6. The van der Waals surface area contributed by atoms with Crippen LogP contribution in [0.4, 0.5) is 5.82 Å². The van der Waals surface area contributed by atoms with Gasteiger partial charge in [-0.2, -0.15) is 0 Å². The minimum atomic E-state index is -0.554. The maximum absolute atomic E-state index is 12.6. The number of nitrogens with zero attached hydrogens (tertiary/aromatic N) is 2. The summed E-state index contributed by atoms with van der Waals surface area (Å²) in [6.07, 6.45) is 0. The SMILES string of the molecule is COC(=O)[C@@H](Nc1nc(CNC(=O)c2cccc(CI)c2)nc2ccccc12)C(C)C. The van der Waals surface area contributed by atoms with Crippen LogP contribution in [0.5, 0.6) is 0 Å². The average molecular weight is 532 g/mol. The lowest BCUT2D eigenvalue weighted by atomic mass is 10.0. The number of ether oxygens (including phenoxy) is 1. The van der Waals surface area contributed by atoms with E-state index in [-0.39, 0.29) is 24.3 Å². The van der Waals surface area contributed by atoms with Crippen molar-refractivity contribution < 1.29 is 14.3 Å². The molecule has 162 valence electrons. The van der Waals surface area contributed by atoms with Gasteiger partial charge < -0.3 is 15.4 Å². The van der Waals surface area contributed by atoms with Crippen LogP contribution in [-0.2, 0) is 20.5 Å². The number of hydrogen-bond acceptors (Lipinski definition) is 6. The fraction of sp³-hybridized carbons (Fsp3) is 0.304. The van der Waals surface area contributed by atoms with Crippen molar-refractivity contribution in [2.75, 3.05) is 12.4 Å². The Balaban J connectivity index is 1.86. The van der Waals surface area contributed by atoms with Crippen molar-refractivity contribution in [3.05, 3.63) is 65.5 Å². The molecule has 1 heterocycles. The number of methoxy groups -OCH3 is 1. The minimum absolute atomic E-state index is 0.00508. The van der Waals surface area contributed by atoms with Crippen molar-refractivity contribution in [1.82, 2.24) is 15.3 Å². The molecular formula is C23H25IN4O3. The standard InChI is InChI=1S/C23H25IN4O3/c1-14(2)20(23(30)31-3)28-21-17-9-4-5-10-18(17)26-19(27-21)13-25-22(29)16-8-6-7-15(11-16)12-24/h4-11,14,20H,12-13H2,1-3H3,(H,25,29)(H,26,27,28)/t20-/m0/s1. The van der Waals surface area contributed by atoms with E-state index in [1.54, 1.807) is 6.07 Å². The van der Waals surface area contributed by atoms with Gasteiger partial charge in [-0.25, -0.2) is 14.8 Å². The molecule has 1 atom stereocenters. The van der Waals surface area contributed by atoms with Gasteiger partial charge in [0.15, 0.2) is 5.82 Å². The summed E-state index contributed by atoms with van der Waals surface area (Å²) < 4.78 is 5.76. The van der Waals surface area contributed by atoms with E-state index < -0.39 is 6.04 Å². The van der Waals surface area contributed by atoms with E-state index in [1.807, 2.05) is 56.3 Å². The first-order valence-electron chi connectivity index (χ1n) is 9.96. The quantitative estimate of drug-likeness (QED) is 0.258. The number of nitrogens with one attached hydrogen (secondary N) is 2. The van der Waals surface area contributed by atoms with E-state index in [9.17, 15) is 9.59 Å². The lowest BCUT2D eigenvalue weighted by molar-refractivity contribution is -0.142. The maximum Gasteiger partial charge on any atom is 0.328 e. The lowest BCUT2D eigenvalue weighted by Gasteiger charge is -2.21. The van der Waals surface area contributed by atoms with E-state index in [2.05, 4.69) is 43.2 Å². The van der Waals surface area contributed by atoms with Gasteiger partial charge in [0, 0.05) is 15.4 Å². The molecule has 8 heteroatoms. The van der Waals surface area contributed by atoms with Gasteiger partial charge in [0.2, 0.25) is 0 Å². The molecule has 0 unspecified atom stereocenters. The molecule has 2 aromatic carbocycles. The summed E-state index contributed by atoms with van der Waals surface area (Å²) in [4.78, 5) is 34.0. The molecule has 7 nitrogen and oxygen atoms in total. The zero-order valence-electron chi connectivity index (χ0n) is 17.7. The Bertz CT molecular complexity index is 1090. The average Bonchev–Trinajstić information content (AvgIpc) is 2.80. The highest BCUT2D eigenvalue weighted by atomic mass is 127. The van der Waals surface area contributed by atoms with Crippen molar-refractivity contribution in [1.29, 1.82) is 0 Å². The number of aromatic nitrogens is 2. The summed E-state index contributed by atoms with van der Waals surface area (Å²) in [5.74, 6) is 0.433. The van der Waals surface area contributed by atoms with Crippen LogP contribution in [0, 0.1) is 5.92 Å². The number of esters is 1. The van der Waals surface area contributed by atoms with Crippen molar-refractivity contribution in [3.63, 3.8) is 0 Å². The molecular weight excluding hydrogens is 507 g/mol. The number of para-hydroxylation sites is 1. The summed E-state index contributed by atoms with van der Waals surface area (Å²) in [5.41, 5.74) is 2.41. The third kappa shape index (κ3) is 5.69. The van der Waals surface area contributed by atoms with Crippen LogP contribution >= 0.6 is 22.6 Å². The summed E-state index contributed by atoms with van der Waals surface area (Å²) in [5, 5.41) is 6.88. The molecule has 0 aliphatic rings. The van der Waals surface area contributed by atoms with Crippen LogP contribution in [0.3, 0.4) is 0 Å². The zero-order chi connectivity index (χ0) is 22.4. The van der Waals surface area contributed by atoms with E-state index in [1.165, 1.54) is 7.11 Å². The van der Waals surface area contributed by atoms with Gasteiger partial charge in [0.05, 0.1) is 19.2 Å². The first-order valence-corrected chi connectivity index (χ1v) is 11.5. The molecule has 0 aliphatic heterocycles. The van der Waals surface area contributed by atoms with Crippen LogP contribution in [0.2, 0.25) is 0 Å². The van der Waals surface area contributed by atoms with Gasteiger partial charge in [-0.1, -0.05) is 60.7 Å². The van der Waals surface area contributed by atoms with Gasteiger partial charge >= 0.3 is 5.97 Å². The fourth-order valence-electron chi connectivity index (χ4n) is 3.14. The minimum Gasteiger partial charge on any atom is -0.467 e. The predicted molar refractivity (Wildman–Crippen MR) is 129 cm³/mol. The second kappa shape index (κ2) is 10.5. The molecule has 3 aromatic rings. The number of halogens is 1. The number of rotatable bonds is 8.